The van der Waals surface area contributed by atoms with Crippen LogP contribution in [0.15, 0.2) is 24.5 Å². The summed E-state index contributed by atoms with van der Waals surface area (Å²) in [5.74, 6) is -3.02. The van der Waals surface area contributed by atoms with Gasteiger partial charge in [-0.25, -0.2) is 13.8 Å². The molecule has 0 saturated carbocycles. The molecule has 3 heterocycles. The van der Waals surface area contributed by atoms with Crippen LogP contribution in [-0.4, -0.2) is 50.7 Å². The molecular formula is C22H26F2N8O2. The number of anilines is 3. The summed E-state index contributed by atoms with van der Waals surface area (Å²) in [7, 11) is 2.09. The van der Waals surface area contributed by atoms with Gasteiger partial charge in [0.15, 0.2) is 23.1 Å². The molecule has 2 aromatic heterocycles. The largest absolute Gasteiger partial charge is 0.434 e. The second kappa shape index (κ2) is 9.59. The molecule has 10 nitrogen and oxygen atoms in total. The molecule has 4 rings (SSSR count). The van der Waals surface area contributed by atoms with E-state index in [1.807, 2.05) is 10.9 Å². The van der Waals surface area contributed by atoms with Crippen molar-refractivity contribution in [2.24, 2.45) is 5.73 Å². The van der Waals surface area contributed by atoms with Gasteiger partial charge in [0, 0.05) is 18.3 Å². The van der Waals surface area contributed by atoms with Gasteiger partial charge in [0.2, 0.25) is 5.88 Å². The Hall–Kier alpha value is -3.80. The summed E-state index contributed by atoms with van der Waals surface area (Å²) in [4.78, 5) is 22.9. The molecule has 0 spiro atoms. The summed E-state index contributed by atoms with van der Waals surface area (Å²) in [6.45, 7) is 3.72. The number of carbonyl (C=O) groups excluding carboxylic acids is 1. The number of ether oxygens (including phenoxy) is 1. The number of piperidine rings is 1. The van der Waals surface area contributed by atoms with Gasteiger partial charge in [-0.15, -0.1) is 0 Å². The van der Waals surface area contributed by atoms with Crippen molar-refractivity contribution in [2.45, 2.75) is 32.2 Å². The topological polar surface area (TPSA) is 137 Å². The molecule has 34 heavy (non-hydrogen) atoms. The van der Waals surface area contributed by atoms with Gasteiger partial charge in [0.25, 0.3) is 5.91 Å². The van der Waals surface area contributed by atoms with Crippen molar-refractivity contribution in [3.8, 4) is 11.6 Å². The fourth-order valence-electron chi connectivity index (χ4n) is 3.75. The minimum absolute atomic E-state index is 0.0260. The summed E-state index contributed by atoms with van der Waals surface area (Å²) in [6.07, 6.45) is 5.69. The average molecular weight is 473 g/mol. The van der Waals surface area contributed by atoms with Gasteiger partial charge >= 0.3 is 0 Å². The highest BCUT2D eigenvalue weighted by Gasteiger charge is 2.22. The summed E-state index contributed by atoms with van der Waals surface area (Å²) in [5, 5.41) is 7.44. The number of hydrogen-bond donors (Lipinski definition) is 3. The van der Waals surface area contributed by atoms with Gasteiger partial charge in [0.05, 0.1) is 23.6 Å². The number of benzene rings is 1. The van der Waals surface area contributed by atoms with E-state index in [-0.39, 0.29) is 40.6 Å². The number of halogens is 2. The van der Waals surface area contributed by atoms with E-state index in [0.717, 1.165) is 32.0 Å². The number of likely N-dealkylation sites (tertiary alicyclic amines) is 1. The van der Waals surface area contributed by atoms with Gasteiger partial charge in [-0.1, -0.05) is 6.92 Å². The maximum Gasteiger partial charge on any atom is 0.271 e. The molecule has 5 N–H and O–H groups in total. The minimum Gasteiger partial charge on any atom is -0.434 e. The highest BCUT2D eigenvalue weighted by molar-refractivity contribution is 5.96. The molecule has 1 saturated heterocycles. The molecule has 0 bridgehead atoms. The second-order valence-electron chi connectivity index (χ2n) is 8.17. The Morgan fingerprint density at radius 2 is 1.97 bits per heavy atom. The third kappa shape index (κ3) is 4.91. The molecule has 0 aliphatic carbocycles. The fourth-order valence-corrected chi connectivity index (χ4v) is 3.75. The van der Waals surface area contributed by atoms with Gasteiger partial charge in [0.1, 0.15) is 11.5 Å². The first-order valence-corrected chi connectivity index (χ1v) is 10.9. The predicted octanol–water partition coefficient (Wildman–Crippen LogP) is 3.00. The zero-order valence-electron chi connectivity index (χ0n) is 18.9. The number of nitrogens with zero attached hydrogens (tertiary/aromatic N) is 5. The fraction of sp³-hybridized carbons (Fsp3) is 0.364. The Morgan fingerprint density at radius 1 is 1.24 bits per heavy atom. The summed E-state index contributed by atoms with van der Waals surface area (Å²) < 4.78 is 35.2. The molecule has 0 radical (unpaired) electrons. The van der Waals surface area contributed by atoms with Gasteiger partial charge in [-0.05, 0) is 39.4 Å². The Morgan fingerprint density at radius 3 is 2.65 bits per heavy atom. The number of amides is 1. The number of nitrogens with one attached hydrogen (secondary N) is 1. The summed E-state index contributed by atoms with van der Waals surface area (Å²) in [5.41, 5.74) is 11.5. The highest BCUT2D eigenvalue weighted by atomic mass is 19.1. The summed E-state index contributed by atoms with van der Waals surface area (Å²) in [6, 6.07) is 1.91. The van der Waals surface area contributed by atoms with Crippen LogP contribution in [0.5, 0.6) is 11.6 Å². The molecule has 0 atom stereocenters. The van der Waals surface area contributed by atoms with E-state index in [0.29, 0.717) is 18.2 Å². The van der Waals surface area contributed by atoms with E-state index in [9.17, 15) is 13.6 Å². The normalized spacial score (nSPS) is 14.8. The predicted molar refractivity (Wildman–Crippen MR) is 122 cm³/mol. The van der Waals surface area contributed by atoms with E-state index >= 15 is 0 Å². The maximum absolute atomic E-state index is 14.2. The van der Waals surface area contributed by atoms with E-state index in [1.165, 1.54) is 0 Å². The average Bonchev–Trinajstić information content (AvgIpc) is 3.26. The zero-order valence-corrected chi connectivity index (χ0v) is 18.9. The van der Waals surface area contributed by atoms with Crippen molar-refractivity contribution in [1.82, 2.24) is 24.6 Å². The van der Waals surface area contributed by atoms with Gasteiger partial charge < -0.3 is 26.4 Å². The van der Waals surface area contributed by atoms with Crippen LogP contribution in [0.4, 0.5) is 26.0 Å². The third-order valence-corrected chi connectivity index (χ3v) is 5.68. The molecule has 1 amide bonds. The number of aryl methyl sites for hydroxylation is 1. The lowest BCUT2D eigenvalue weighted by Gasteiger charge is -2.28. The van der Waals surface area contributed by atoms with Crippen LogP contribution < -0.4 is 21.5 Å². The lowest BCUT2D eigenvalue weighted by Crippen LogP contribution is -2.31. The Kier molecular flexibility index (Phi) is 6.59. The molecule has 1 aromatic carbocycles. The molecule has 1 fully saturated rings. The number of hydrogen-bond acceptors (Lipinski definition) is 8. The number of nitrogens with two attached hydrogens (primary N) is 2. The molecule has 180 valence electrons. The Labute approximate surface area is 194 Å². The van der Waals surface area contributed by atoms with E-state index in [4.69, 9.17) is 16.2 Å². The number of rotatable bonds is 7. The van der Waals surface area contributed by atoms with E-state index < -0.39 is 17.5 Å². The van der Waals surface area contributed by atoms with Crippen LogP contribution in [0.1, 0.15) is 42.0 Å². The van der Waals surface area contributed by atoms with Crippen LogP contribution in [0, 0.1) is 11.6 Å². The van der Waals surface area contributed by atoms with E-state index in [1.54, 1.807) is 13.1 Å². The highest BCUT2D eigenvalue weighted by Crippen LogP contribution is 2.31. The monoisotopic (exact) mass is 472 g/mol. The van der Waals surface area contributed by atoms with E-state index in [2.05, 4.69) is 32.3 Å². The number of aromatic nitrogens is 4. The maximum atomic E-state index is 14.2. The Balaban J connectivity index is 1.64. The molecular weight excluding hydrogens is 446 g/mol. The molecule has 3 aromatic rings. The van der Waals surface area contributed by atoms with Crippen molar-refractivity contribution >= 4 is 23.1 Å². The minimum atomic E-state index is -0.955. The molecule has 0 unspecified atom stereocenters. The van der Waals surface area contributed by atoms with Crippen LogP contribution in [0.3, 0.4) is 0 Å². The van der Waals surface area contributed by atoms with Crippen molar-refractivity contribution in [1.29, 1.82) is 0 Å². The van der Waals surface area contributed by atoms with Crippen molar-refractivity contribution in [2.75, 3.05) is 31.2 Å². The van der Waals surface area contributed by atoms with Crippen molar-refractivity contribution in [3.63, 3.8) is 0 Å². The zero-order chi connectivity index (χ0) is 24.4. The molecule has 12 heteroatoms. The van der Waals surface area contributed by atoms with Crippen LogP contribution in [0.25, 0.3) is 0 Å². The third-order valence-electron chi connectivity index (χ3n) is 5.68. The lowest BCUT2D eigenvalue weighted by atomic mass is 10.1. The Bertz CT molecular complexity index is 1210. The van der Waals surface area contributed by atoms with Crippen molar-refractivity contribution in [3.05, 3.63) is 47.5 Å². The SMILES string of the molecule is CCc1nc(C(N)=O)c(Nc2cnn(C3CCN(C)CC3)c2)nc1Oc1cc(N)c(F)cc1F. The number of carbonyl (C=O) groups is 1. The van der Waals surface area contributed by atoms with Crippen molar-refractivity contribution < 1.29 is 18.3 Å². The second-order valence-corrected chi connectivity index (χ2v) is 8.17. The quantitative estimate of drug-likeness (QED) is 0.446. The lowest BCUT2D eigenvalue weighted by molar-refractivity contribution is 0.0996. The first-order valence-electron chi connectivity index (χ1n) is 10.9. The first kappa shape index (κ1) is 23.4. The standard InChI is InChI=1S/C22H26F2N8O2/c1-3-17-22(34-18-9-16(25)14(23)8-15(18)24)30-21(19(29-17)20(26)33)28-12-10-27-32(11-12)13-4-6-31(2)7-5-13/h8-11,13H,3-7,25H2,1-2H3,(H2,26,33)(H,28,30). The van der Waals surface area contributed by atoms with Gasteiger partial charge in [-0.2, -0.15) is 10.1 Å². The smallest absolute Gasteiger partial charge is 0.271 e. The summed E-state index contributed by atoms with van der Waals surface area (Å²) >= 11 is 0. The van der Waals surface area contributed by atoms with Crippen LogP contribution >= 0.6 is 0 Å². The molecule has 1 aliphatic heterocycles. The first-order chi connectivity index (χ1) is 16.2. The number of nitrogen functional groups attached to an aromatic ring is 1. The number of primary amides is 1. The van der Waals surface area contributed by atoms with Gasteiger partial charge in [-0.3, -0.25) is 9.48 Å². The van der Waals surface area contributed by atoms with Crippen LogP contribution in [-0.2, 0) is 6.42 Å². The van der Waals surface area contributed by atoms with Crippen LogP contribution in [0.2, 0.25) is 0 Å². The molecule has 1 aliphatic rings.